The fraction of sp³-hybridized carbons (Fsp3) is 0.829. The molecule has 0 fully saturated rings. The van der Waals surface area contributed by atoms with Crippen LogP contribution in [0.5, 0.6) is 5.75 Å². The summed E-state index contributed by atoms with van der Waals surface area (Å²) in [5.41, 5.74) is 1.38. The van der Waals surface area contributed by atoms with Crippen molar-refractivity contribution in [2.24, 2.45) is 0 Å². The van der Waals surface area contributed by atoms with Crippen LogP contribution in [0.3, 0.4) is 0 Å². The van der Waals surface area contributed by atoms with E-state index in [1.54, 1.807) is 0 Å². The lowest BCUT2D eigenvalue weighted by Gasteiger charge is -2.16. The number of ether oxygens (including phenoxy) is 9. The van der Waals surface area contributed by atoms with E-state index in [4.69, 9.17) is 47.1 Å². The molecule has 0 unspecified atom stereocenters. The van der Waals surface area contributed by atoms with Crippen LogP contribution in [0, 0.1) is 0 Å². The highest BCUT2D eigenvalue weighted by Gasteiger charge is 2.13. The molecule has 1 aromatic rings. The summed E-state index contributed by atoms with van der Waals surface area (Å²) in [6, 6.07) is 8.44. The predicted octanol–water partition coefficient (Wildman–Crippen LogP) is 5.95. The molecule has 0 aliphatic rings. The van der Waals surface area contributed by atoms with Crippen molar-refractivity contribution in [1.82, 2.24) is 0 Å². The number of hydrogen-bond acceptors (Lipinski definition) is 10. The fourth-order valence-corrected chi connectivity index (χ4v) is 4.82. The summed E-state index contributed by atoms with van der Waals surface area (Å²) in [5, 5.41) is 0. The molecule has 270 valence electrons. The summed E-state index contributed by atoms with van der Waals surface area (Å²) < 4.78 is 55.6. The van der Waals surface area contributed by atoms with Crippen molar-refractivity contribution in [2.75, 3.05) is 119 Å². The second kappa shape index (κ2) is 32.4. The normalized spacial score (nSPS) is 11.8. The van der Waals surface area contributed by atoms with Crippen LogP contribution in [0.4, 0.5) is 0 Å². The van der Waals surface area contributed by atoms with E-state index in [0.29, 0.717) is 119 Å². The van der Waals surface area contributed by atoms with Gasteiger partial charge in [0.15, 0.2) is 8.32 Å². The average molecular weight is 675 g/mol. The summed E-state index contributed by atoms with van der Waals surface area (Å²) in [7, 11) is -1.45. The largest absolute Gasteiger partial charge is 0.491 e. The molecule has 11 heteroatoms. The highest BCUT2D eigenvalue weighted by Crippen LogP contribution is 2.15. The summed E-state index contributed by atoms with van der Waals surface area (Å²) in [4.78, 5) is 0. The van der Waals surface area contributed by atoms with E-state index in [1.807, 2.05) is 0 Å². The van der Waals surface area contributed by atoms with Gasteiger partial charge in [-0.05, 0) is 50.2 Å². The quantitative estimate of drug-likeness (QED) is 0.0628. The Hall–Kier alpha value is -1.12. The van der Waals surface area contributed by atoms with Crippen LogP contribution < -0.4 is 4.74 Å². The number of hydrogen-bond donors (Lipinski definition) is 0. The molecule has 46 heavy (non-hydrogen) atoms. The second-order valence-electron chi connectivity index (χ2n) is 11.9. The first-order chi connectivity index (χ1) is 22.5. The lowest BCUT2D eigenvalue weighted by Crippen LogP contribution is -2.27. The maximum atomic E-state index is 5.77. The van der Waals surface area contributed by atoms with Crippen molar-refractivity contribution < 1.29 is 47.1 Å². The number of rotatable bonds is 36. The highest BCUT2D eigenvalue weighted by atomic mass is 28.4. The molecular weight excluding hydrogens is 608 g/mol. The monoisotopic (exact) mass is 674 g/mol. The molecule has 0 bridgehead atoms. The smallest absolute Gasteiger partial charge is 0.183 e. The van der Waals surface area contributed by atoms with Crippen LogP contribution >= 0.6 is 0 Å². The van der Waals surface area contributed by atoms with Crippen molar-refractivity contribution in [2.45, 2.75) is 71.5 Å². The van der Waals surface area contributed by atoms with Crippen molar-refractivity contribution in [1.29, 1.82) is 0 Å². The Morgan fingerprint density at radius 3 is 1.15 bits per heavy atom. The molecule has 0 atom stereocenters. The molecule has 0 heterocycles. The minimum absolute atomic E-state index is 0.525. The lowest BCUT2D eigenvalue weighted by molar-refractivity contribution is -0.0241. The zero-order chi connectivity index (χ0) is 33.2. The predicted molar refractivity (Wildman–Crippen MR) is 185 cm³/mol. The molecule has 0 amide bonds. The molecule has 0 N–H and O–H groups in total. The van der Waals surface area contributed by atoms with E-state index >= 15 is 0 Å². The third-order valence-corrected chi connectivity index (χ3v) is 7.68. The van der Waals surface area contributed by atoms with Gasteiger partial charge in [0, 0.05) is 0 Å². The van der Waals surface area contributed by atoms with Crippen LogP contribution in [0.15, 0.2) is 24.3 Å². The highest BCUT2D eigenvalue weighted by molar-refractivity contribution is 6.69. The van der Waals surface area contributed by atoms with Gasteiger partial charge in [0.2, 0.25) is 0 Å². The molecule has 1 rings (SSSR count). The van der Waals surface area contributed by atoms with Crippen LogP contribution in [-0.4, -0.2) is 127 Å². The van der Waals surface area contributed by atoms with Crippen molar-refractivity contribution in [3.05, 3.63) is 29.8 Å². The molecule has 10 nitrogen and oxygen atoms in total. The number of aryl methyl sites for hydroxylation is 1. The van der Waals surface area contributed by atoms with Crippen LogP contribution in [-0.2, 0) is 48.7 Å². The van der Waals surface area contributed by atoms with Gasteiger partial charge >= 0.3 is 0 Å². The van der Waals surface area contributed by atoms with Gasteiger partial charge in [-0.25, -0.2) is 0 Å². The summed E-state index contributed by atoms with van der Waals surface area (Å²) in [6.45, 7) is 18.6. The first-order valence-electron chi connectivity index (χ1n) is 17.5. The maximum Gasteiger partial charge on any atom is 0.183 e. The number of unbranched alkanes of at least 4 members (excludes halogenated alkanes) is 5. The minimum Gasteiger partial charge on any atom is -0.491 e. The third kappa shape index (κ3) is 31.5. The van der Waals surface area contributed by atoms with E-state index < -0.39 is 8.32 Å². The third-order valence-electron chi connectivity index (χ3n) is 6.61. The van der Waals surface area contributed by atoms with Gasteiger partial charge in [0.05, 0.1) is 112 Å². The van der Waals surface area contributed by atoms with Gasteiger partial charge in [0.1, 0.15) is 12.4 Å². The Bertz CT molecular complexity index is 748. The maximum absolute atomic E-state index is 5.77. The Kier molecular flexibility index (Phi) is 30.2. The molecule has 0 saturated carbocycles. The van der Waals surface area contributed by atoms with Crippen molar-refractivity contribution in [3.8, 4) is 5.75 Å². The van der Waals surface area contributed by atoms with Gasteiger partial charge in [-0.15, -0.1) is 0 Å². The van der Waals surface area contributed by atoms with E-state index in [9.17, 15) is 0 Å². The first kappa shape index (κ1) is 42.9. The Balaban J connectivity index is 1.71. The second-order valence-corrected chi connectivity index (χ2v) is 16.4. The molecule has 0 aliphatic heterocycles. The first-order valence-corrected chi connectivity index (χ1v) is 20.9. The number of benzene rings is 1. The lowest BCUT2D eigenvalue weighted by atomic mass is 10.0. The molecule has 0 aromatic heterocycles. The fourth-order valence-electron chi connectivity index (χ4n) is 4.13. The summed E-state index contributed by atoms with van der Waals surface area (Å²) >= 11 is 0. The van der Waals surface area contributed by atoms with E-state index in [-0.39, 0.29) is 0 Å². The van der Waals surface area contributed by atoms with Gasteiger partial charge in [-0.1, -0.05) is 51.2 Å². The van der Waals surface area contributed by atoms with Gasteiger partial charge in [-0.3, -0.25) is 0 Å². The van der Waals surface area contributed by atoms with Crippen LogP contribution in [0.2, 0.25) is 19.6 Å². The Morgan fingerprint density at radius 1 is 0.413 bits per heavy atom. The topological polar surface area (TPSA) is 92.3 Å². The van der Waals surface area contributed by atoms with Crippen LogP contribution in [0.25, 0.3) is 0 Å². The molecule has 1 aromatic carbocycles. The molecule has 0 radical (unpaired) electrons. The zero-order valence-corrected chi connectivity index (χ0v) is 30.6. The van der Waals surface area contributed by atoms with Crippen molar-refractivity contribution in [3.63, 3.8) is 0 Å². The molecule has 0 aliphatic carbocycles. The SMILES string of the molecule is CCCCCCCCc1ccc(OCCOCCOCCOCCOCCOCCOCCOCCOCCO[Si](C)(C)C)cc1. The summed E-state index contributed by atoms with van der Waals surface area (Å²) in [6.07, 6.45) is 9.11. The Labute approximate surface area is 281 Å². The average Bonchev–Trinajstić information content (AvgIpc) is 3.04. The molecule has 0 spiro atoms. The Morgan fingerprint density at radius 2 is 0.761 bits per heavy atom. The summed E-state index contributed by atoms with van der Waals surface area (Å²) in [5.74, 6) is 0.889. The molecule has 0 saturated heterocycles. The standard InChI is InChI=1S/C35H66O10Si/c1-5-6-7-8-9-10-11-34-12-14-35(15-13-34)44-32-30-42-28-26-40-24-22-38-20-18-36-16-17-37-19-21-39-23-25-41-27-29-43-31-33-45-46(2,3)4/h12-15H,5-11,16-33H2,1-4H3. The van der Waals surface area contributed by atoms with E-state index in [0.717, 1.165) is 12.2 Å². The van der Waals surface area contributed by atoms with Crippen molar-refractivity contribution >= 4 is 8.32 Å². The zero-order valence-electron chi connectivity index (χ0n) is 29.6. The van der Waals surface area contributed by atoms with E-state index in [1.165, 1.54) is 44.1 Å². The van der Waals surface area contributed by atoms with E-state index in [2.05, 4.69) is 50.8 Å². The van der Waals surface area contributed by atoms with Gasteiger partial charge in [0.25, 0.3) is 0 Å². The van der Waals surface area contributed by atoms with Gasteiger partial charge < -0.3 is 47.1 Å². The van der Waals surface area contributed by atoms with Gasteiger partial charge in [-0.2, -0.15) is 0 Å². The molecular formula is C35H66O10Si. The minimum atomic E-state index is -1.45. The van der Waals surface area contributed by atoms with Crippen LogP contribution in [0.1, 0.15) is 51.0 Å².